The summed E-state index contributed by atoms with van der Waals surface area (Å²) in [7, 11) is 1.64. The van der Waals surface area contributed by atoms with Gasteiger partial charge in [-0.3, -0.25) is 14.6 Å². The van der Waals surface area contributed by atoms with Gasteiger partial charge in [-0.15, -0.1) is 0 Å². The zero-order chi connectivity index (χ0) is 23.7. The fraction of sp³-hybridized carbons (Fsp3) is 0.435. The number of amides is 1. The predicted molar refractivity (Wildman–Crippen MR) is 123 cm³/mol. The highest BCUT2D eigenvalue weighted by atomic mass is 19.1. The van der Waals surface area contributed by atoms with Gasteiger partial charge in [0.2, 0.25) is 0 Å². The van der Waals surface area contributed by atoms with E-state index < -0.39 is 5.82 Å². The molecule has 0 saturated heterocycles. The van der Waals surface area contributed by atoms with E-state index in [-0.39, 0.29) is 24.1 Å². The van der Waals surface area contributed by atoms with E-state index in [1.165, 1.54) is 16.8 Å². The Balaban J connectivity index is 1.15. The Labute approximate surface area is 195 Å². The Morgan fingerprint density at radius 1 is 1.09 bits per heavy atom. The molecule has 0 radical (unpaired) electrons. The van der Waals surface area contributed by atoms with Gasteiger partial charge in [-0.2, -0.15) is 0 Å². The largest absolute Gasteiger partial charge is 0.478 e. The number of nitrogens with zero attached hydrogens (tertiary/aromatic N) is 4. The Bertz CT molecular complexity index is 1290. The molecule has 0 unspecified atom stereocenters. The molecule has 1 aliphatic heterocycles. The van der Waals surface area contributed by atoms with Gasteiger partial charge in [0.15, 0.2) is 18.2 Å². The standard InChI is InChI=1S/C23H26FN7O3/c1-31-21(33)7-6-17-22(31)15(16(24)9-27-17)8-25-13-2-4-14(5-3-13)26-11-19-28-10-18-23(29-19)30-20(32)12-34-18/h6-7,9-10,13-14,25-26H,2-5,8,11-12H2,1H3,(H,28,29,30,32)/t13-,14-. The molecular formula is C23H26FN7O3. The summed E-state index contributed by atoms with van der Waals surface area (Å²) < 4.78 is 21.3. The lowest BCUT2D eigenvalue weighted by Crippen LogP contribution is -2.40. The molecule has 0 atom stereocenters. The third-order valence-electron chi connectivity index (χ3n) is 6.45. The van der Waals surface area contributed by atoms with Crippen molar-refractivity contribution in [3.05, 3.63) is 52.1 Å². The van der Waals surface area contributed by atoms with Gasteiger partial charge in [-0.05, 0) is 31.7 Å². The number of aryl methyl sites for hydroxylation is 1. The van der Waals surface area contributed by atoms with Crippen molar-refractivity contribution >= 4 is 22.8 Å². The lowest BCUT2D eigenvalue weighted by atomic mass is 9.91. The van der Waals surface area contributed by atoms with E-state index >= 15 is 0 Å². The van der Waals surface area contributed by atoms with Crippen LogP contribution in [-0.4, -0.2) is 44.1 Å². The number of rotatable bonds is 6. The molecule has 0 bridgehead atoms. The maximum atomic E-state index is 14.6. The number of nitrogens with one attached hydrogen (secondary N) is 3. The number of carbonyl (C=O) groups excluding carboxylic acids is 1. The molecule has 0 spiro atoms. The highest BCUT2D eigenvalue weighted by Crippen LogP contribution is 2.25. The van der Waals surface area contributed by atoms with Crippen LogP contribution in [0.1, 0.15) is 37.1 Å². The molecule has 2 aliphatic rings. The van der Waals surface area contributed by atoms with Crippen LogP contribution in [-0.2, 0) is 24.9 Å². The summed E-state index contributed by atoms with van der Waals surface area (Å²) in [4.78, 5) is 36.3. The van der Waals surface area contributed by atoms with E-state index in [4.69, 9.17) is 4.74 Å². The van der Waals surface area contributed by atoms with Crippen LogP contribution in [0.5, 0.6) is 5.75 Å². The second-order valence-corrected chi connectivity index (χ2v) is 8.70. The van der Waals surface area contributed by atoms with Crippen molar-refractivity contribution in [2.24, 2.45) is 7.05 Å². The molecule has 0 aromatic carbocycles. The molecule has 3 aromatic heterocycles. The van der Waals surface area contributed by atoms with E-state index in [2.05, 4.69) is 30.9 Å². The van der Waals surface area contributed by atoms with Crippen LogP contribution in [0.25, 0.3) is 11.0 Å². The molecule has 1 amide bonds. The molecule has 178 valence electrons. The Morgan fingerprint density at radius 2 is 1.82 bits per heavy atom. The van der Waals surface area contributed by atoms with Gasteiger partial charge < -0.3 is 25.3 Å². The molecule has 3 aromatic rings. The van der Waals surface area contributed by atoms with Gasteiger partial charge in [0.1, 0.15) is 11.6 Å². The first-order chi connectivity index (χ1) is 16.5. The van der Waals surface area contributed by atoms with Crippen molar-refractivity contribution in [2.75, 3.05) is 11.9 Å². The topological polar surface area (TPSA) is 123 Å². The number of hydrogen-bond donors (Lipinski definition) is 3. The van der Waals surface area contributed by atoms with Gasteiger partial charge in [0.25, 0.3) is 11.5 Å². The molecule has 3 N–H and O–H groups in total. The second kappa shape index (κ2) is 9.43. The summed E-state index contributed by atoms with van der Waals surface area (Å²) in [5.41, 5.74) is 1.40. The van der Waals surface area contributed by atoms with Crippen molar-refractivity contribution in [2.45, 2.75) is 50.9 Å². The minimum absolute atomic E-state index is 0.0205. The molecule has 1 fully saturated rings. The first-order valence-corrected chi connectivity index (χ1v) is 11.4. The number of ether oxygens (including phenoxy) is 1. The van der Waals surface area contributed by atoms with E-state index in [9.17, 15) is 14.0 Å². The Hall–Kier alpha value is -3.44. The average Bonchev–Trinajstić information content (AvgIpc) is 2.85. The molecule has 1 saturated carbocycles. The first-order valence-electron chi connectivity index (χ1n) is 11.4. The Kier molecular flexibility index (Phi) is 6.20. The summed E-state index contributed by atoms with van der Waals surface area (Å²) in [6.07, 6.45) is 6.59. The van der Waals surface area contributed by atoms with Gasteiger partial charge in [-0.25, -0.2) is 14.4 Å². The third kappa shape index (κ3) is 4.62. The van der Waals surface area contributed by atoms with Crippen LogP contribution < -0.4 is 26.2 Å². The van der Waals surface area contributed by atoms with Crippen molar-refractivity contribution in [3.8, 4) is 5.75 Å². The molecule has 4 heterocycles. The molecule has 11 heteroatoms. The quantitative estimate of drug-likeness (QED) is 0.497. The highest BCUT2D eigenvalue weighted by Gasteiger charge is 2.23. The fourth-order valence-electron chi connectivity index (χ4n) is 4.55. The SMILES string of the molecule is Cn1c(=O)ccc2ncc(F)c(CN[C@H]3CC[C@H](NCc4ncc5c(n4)NC(=O)CO5)CC3)c21. The molecule has 34 heavy (non-hydrogen) atoms. The first kappa shape index (κ1) is 22.4. The van der Waals surface area contributed by atoms with Crippen LogP contribution in [0.2, 0.25) is 0 Å². The lowest BCUT2D eigenvalue weighted by Gasteiger charge is -2.30. The molecule has 1 aliphatic carbocycles. The number of carbonyl (C=O) groups is 1. The van der Waals surface area contributed by atoms with Crippen LogP contribution in [0.4, 0.5) is 10.2 Å². The highest BCUT2D eigenvalue weighted by molar-refractivity contribution is 5.94. The number of fused-ring (bicyclic) bond motifs is 2. The zero-order valence-electron chi connectivity index (χ0n) is 18.8. The maximum Gasteiger partial charge on any atom is 0.263 e. The van der Waals surface area contributed by atoms with Gasteiger partial charge in [0, 0.05) is 37.3 Å². The van der Waals surface area contributed by atoms with E-state index in [1.807, 2.05) is 0 Å². The predicted octanol–water partition coefficient (Wildman–Crippen LogP) is 1.38. The van der Waals surface area contributed by atoms with Gasteiger partial charge in [-0.1, -0.05) is 0 Å². The number of hydrogen-bond acceptors (Lipinski definition) is 8. The van der Waals surface area contributed by atoms with Gasteiger partial charge >= 0.3 is 0 Å². The van der Waals surface area contributed by atoms with Gasteiger partial charge in [0.05, 0.1) is 30.0 Å². The van der Waals surface area contributed by atoms with Crippen LogP contribution in [0.3, 0.4) is 0 Å². The van der Waals surface area contributed by atoms with Crippen molar-refractivity contribution in [1.29, 1.82) is 0 Å². The molecule has 10 nitrogen and oxygen atoms in total. The lowest BCUT2D eigenvalue weighted by molar-refractivity contribution is -0.118. The Morgan fingerprint density at radius 3 is 2.59 bits per heavy atom. The van der Waals surface area contributed by atoms with Crippen LogP contribution in [0.15, 0.2) is 29.3 Å². The van der Waals surface area contributed by atoms with E-state index in [0.29, 0.717) is 53.1 Å². The average molecular weight is 468 g/mol. The van der Waals surface area contributed by atoms with Crippen molar-refractivity contribution < 1.29 is 13.9 Å². The van der Waals surface area contributed by atoms with Crippen LogP contribution in [0, 0.1) is 5.82 Å². The monoisotopic (exact) mass is 467 g/mol. The molecular weight excluding hydrogens is 441 g/mol. The summed E-state index contributed by atoms with van der Waals surface area (Å²) in [5.74, 6) is 0.842. The fourth-order valence-corrected chi connectivity index (χ4v) is 4.55. The smallest absolute Gasteiger partial charge is 0.263 e. The zero-order valence-corrected chi connectivity index (χ0v) is 18.8. The summed E-state index contributed by atoms with van der Waals surface area (Å²) in [6, 6.07) is 3.65. The van der Waals surface area contributed by atoms with E-state index in [0.717, 1.165) is 25.7 Å². The summed E-state index contributed by atoms with van der Waals surface area (Å²) in [6.45, 7) is 0.809. The van der Waals surface area contributed by atoms with Crippen molar-refractivity contribution in [3.63, 3.8) is 0 Å². The van der Waals surface area contributed by atoms with E-state index in [1.54, 1.807) is 19.3 Å². The second-order valence-electron chi connectivity index (χ2n) is 8.70. The van der Waals surface area contributed by atoms with Crippen molar-refractivity contribution in [1.82, 2.24) is 30.2 Å². The summed E-state index contributed by atoms with van der Waals surface area (Å²) >= 11 is 0. The normalized spacial score (nSPS) is 20.0. The van der Waals surface area contributed by atoms with Crippen LogP contribution >= 0.6 is 0 Å². The summed E-state index contributed by atoms with van der Waals surface area (Å²) in [5, 5.41) is 9.64. The maximum absolute atomic E-state index is 14.6. The minimum atomic E-state index is -0.414. The number of anilines is 1. The number of halogens is 1. The molecule has 5 rings (SSSR count). The third-order valence-corrected chi connectivity index (χ3v) is 6.45. The number of pyridine rings is 2. The number of aromatic nitrogens is 4. The minimum Gasteiger partial charge on any atom is -0.478 e.